The number of aliphatic carboxylic acids is 1. The molecule has 4 nitrogen and oxygen atoms in total. The molecule has 1 N–H and O–H groups in total. The maximum atomic E-state index is 12.9. The molecule has 25 heavy (non-hydrogen) atoms. The minimum absolute atomic E-state index is 0.212. The summed E-state index contributed by atoms with van der Waals surface area (Å²) in [4.78, 5) is 26.6. The number of aryl methyl sites for hydroxylation is 1. The lowest BCUT2D eigenvalue weighted by Crippen LogP contribution is -2.41. The summed E-state index contributed by atoms with van der Waals surface area (Å²) in [5.41, 5.74) is 2.64. The van der Waals surface area contributed by atoms with Crippen molar-refractivity contribution in [1.29, 1.82) is 0 Å². The van der Waals surface area contributed by atoms with Crippen molar-refractivity contribution in [2.24, 2.45) is 0 Å². The maximum absolute atomic E-state index is 12.9. The van der Waals surface area contributed by atoms with Gasteiger partial charge in [0.1, 0.15) is 0 Å². The Hall–Kier alpha value is -1.69. The maximum Gasteiger partial charge on any atom is 0.305 e. The third-order valence-electron chi connectivity index (χ3n) is 3.97. The fraction of sp³-hybridized carbons (Fsp3) is 0.222. The van der Waals surface area contributed by atoms with E-state index < -0.39 is 11.2 Å². The highest BCUT2D eigenvalue weighted by Crippen LogP contribution is 2.43. The van der Waals surface area contributed by atoms with E-state index >= 15 is 0 Å². The zero-order valence-corrected chi connectivity index (χ0v) is 15.7. The average molecular weight is 396 g/mol. The molecule has 2 aromatic carbocycles. The third-order valence-corrected chi connectivity index (χ3v) is 6.13. The van der Waals surface area contributed by atoms with Crippen LogP contribution < -0.4 is 4.90 Å². The highest BCUT2D eigenvalue weighted by Gasteiger charge is 2.35. The number of rotatable bonds is 4. The highest BCUT2D eigenvalue weighted by atomic mass is 35.5. The van der Waals surface area contributed by atoms with Crippen LogP contribution in [0.2, 0.25) is 10.0 Å². The van der Waals surface area contributed by atoms with Crippen molar-refractivity contribution < 1.29 is 14.7 Å². The molecule has 1 amide bonds. The summed E-state index contributed by atoms with van der Waals surface area (Å²) in [6.07, 6.45) is -0.213. The SMILES string of the molecule is Cc1cccc2c1SC(CC(=O)O)C(=O)N2Cc1ccc(Cl)c(Cl)c1. The van der Waals surface area contributed by atoms with Crippen molar-refractivity contribution in [3.63, 3.8) is 0 Å². The summed E-state index contributed by atoms with van der Waals surface area (Å²) >= 11 is 13.3. The van der Waals surface area contributed by atoms with Crippen molar-refractivity contribution in [3.05, 3.63) is 57.6 Å². The van der Waals surface area contributed by atoms with E-state index in [4.69, 9.17) is 28.3 Å². The largest absolute Gasteiger partial charge is 0.481 e. The number of carbonyl (C=O) groups is 2. The molecule has 7 heteroatoms. The Bertz CT molecular complexity index is 856. The zero-order valence-electron chi connectivity index (χ0n) is 13.3. The van der Waals surface area contributed by atoms with Crippen molar-refractivity contribution in [2.45, 2.75) is 30.0 Å². The van der Waals surface area contributed by atoms with Gasteiger partial charge in [-0.15, -0.1) is 11.8 Å². The number of thioether (sulfide) groups is 1. The Morgan fingerprint density at radius 2 is 2.00 bits per heavy atom. The van der Waals surface area contributed by atoms with Gasteiger partial charge in [-0.25, -0.2) is 0 Å². The summed E-state index contributed by atoms with van der Waals surface area (Å²) in [7, 11) is 0. The second-order valence-corrected chi connectivity index (χ2v) is 7.83. The summed E-state index contributed by atoms with van der Waals surface area (Å²) in [6.45, 7) is 2.26. The fourth-order valence-corrected chi connectivity index (χ4v) is 4.37. The van der Waals surface area contributed by atoms with E-state index in [1.807, 2.05) is 31.2 Å². The number of fused-ring (bicyclic) bond motifs is 1. The van der Waals surface area contributed by atoms with Crippen LogP contribution in [0.1, 0.15) is 17.5 Å². The van der Waals surface area contributed by atoms with E-state index in [0.717, 1.165) is 21.7 Å². The Labute approximate surface area is 159 Å². The molecule has 0 saturated heterocycles. The lowest BCUT2D eigenvalue weighted by atomic mass is 10.1. The smallest absolute Gasteiger partial charge is 0.305 e. The number of carboxylic acids is 1. The molecule has 2 aromatic rings. The average Bonchev–Trinajstić information content (AvgIpc) is 2.55. The number of nitrogens with zero attached hydrogens (tertiary/aromatic N) is 1. The molecule has 0 radical (unpaired) electrons. The van der Waals surface area contributed by atoms with Crippen LogP contribution in [-0.4, -0.2) is 22.2 Å². The first-order chi connectivity index (χ1) is 11.9. The van der Waals surface area contributed by atoms with Crippen LogP contribution in [-0.2, 0) is 16.1 Å². The molecule has 1 heterocycles. The normalized spacial score (nSPS) is 16.7. The number of amides is 1. The van der Waals surface area contributed by atoms with Crippen LogP contribution in [0.15, 0.2) is 41.3 Å². The highest BCUT2D eigenvalue weighted by molar-refractivity contribution is 8.01. The molecule has 0 spiro atoms. The van der Waals surface area contributed by atoms with Gasteiger partial charge in [-0.1, -0.05) is 41.4 Å². The monoisotopic (exact) mass is 395 g/mol. The Balaban J connectivity index is 2.00. The number of benzene rings is 2. The topological polar surface area (TPSA) is 57.6 Å². The van der Waals surface area contributed by atoms with E-state index in [2.05, 4.69) is 0 Å². The molecule has 130 valence electrons. The second-order valence-electron chi connectivity index (χ2n) is 5.80. The van der Waals surface area contributed by atoms with Crippen LogP contribution in [0.3, 0.4) is 0 Å². The van der Waals surface area contributed by atoms with Crippen LogP contribution in [0.5, 0.6) is 0 Å². The molecular weight excluding hydrogens is 381 g/mol. The van der Waals surface area contributed by atoms with Gasteiger partial charge in [0.2, 0.25) is 5.91 Å². The molecule has 0 aromatic heterocycles. The fourth-order valence-electron chi connectivity index (χ4n) is 2.76. The van der Waals surface area contributed by atoms with Crippen LogP contribution in [0, 0.1) is 6.92 Å². The minimum Gasteiger partial charge on any atom is -0.481 e. The van der Waals surface area contributed by atoms with E-state index in [-0.39, 0.29) is 12.3 Å². The van der Waals surface area contributed by atoms with Crippen molar-refractivity contribution >= 4 is 52.5 Å². The Morgan fingerprint density at radius 1 is 1.24 bits per heavy atom. The van der Waals surface area contributed by atoms with Crippen molar-refractivity contribution in [1.82, 2.24) is 0 Å². The molecule has 1 unspecified atom stereocenters. The number of carbonyl (C=O) groups excluding carboxylic acids is 1. The van der Waals surface area contributed by atoms with E-state index in [0.29, 0.717) is 16.6 Å². The van der Waals surface area contributed by atoms with Gasteiger partial charge in [0.25, 0.3) is 0 Å². The zero-order chi connectivity index (χ0) is 18.1. The second kappa shape index (κ2) is 7.28. The molecule has 1 atom stereocenters. The summed E-state index contributed by atoms with van der Waals surface area (Å²) < 4.78 is 0. The number of hydrogen-bond donors (Lipinski definition) is 1. The van der Waals surface area contributed by atoms with Gasteiger partial charge in [0.05, 0.1) is 33.9 Å². The Morgan fingerprint density at radius 3 is 2.68 bits per heavy atom. The molecule has 1 aliphatic rings. The predicted octanol–water partition coefficient (Wildman–Crippen LogP) is 4.78. The van der Waals surface area contributed by atoms with Crippen molar-refractivity contribution in [2.75, 3.05) is 4.90 Å². The molecule has 0 fully saturated rings. The van der Waals surface area contributed by atoms with Crippen LogP contribution >= 0.6 is 35.0 Å². The lowest BCUT2D eigenvalue weighted by Gasteiger charge is -2.34. The first-order valence-corrected chi connectivity index (χ1v) is 9.23. The number of carboxylic acid groups (broad SMARTS) is 1. The van der Waals surface area contributed by atoms with E-state index in [1.54, 1.807) is 17.0 Å². The molecule has 0 saturated carbocycles. The lowest BCUT2D eigenvalue weighted by molar-refractivity contribution is -0.138. The van der Waals surface area contributed by atoms with E-state index in [1.165, 1.54) is 11.8 Å². The molecular formula is C18H15Cl2NO3S. The summed E-state index contributed by atoms with van der Waals surface area (Å²) in [5.74, 6) is -1.20. The quantitative estimate of drug-likeness (QED) is 0.808. The first-order valence-electron chi connectivity index (χ1n) is 7.60. The van der Waals surface area contributed by atoms with Gasteiger partial charge in [0.15, 0.2) is 0 Å². The van der Waals surface area contributed by atoms with Gasteiger partial charge in [-0.3, -0.25) is 9.59 Å². The van der Waals surface area contributed by atoms with Gasteiger partial charge in [0, 0.05) is 4.90 Å². The van der Waals surface area contributed by atoms with Gasteiger partial charge >= 0.3 is 5.97 Å². The minimum atomic E-state index is -0.989. The van der Waals surface area contributed by atoms with Gasteiger partial charge in [-0.2, -0.15) is 0 Å². The standard InChI is InChI=1S/C18H15Cl2NO3S/c1-10-3-2-4-14-17(10)25-15(8-16(22)23)18(24)21(14)9-11-5-6-12(19)13(20)7-11/h2-7,15H,8-9H2,1H3,(H,22,23). The Kier molecular flexibility index (Phi) is 5.27. The van der Waals surface area contributed by atoms with Crippen LogP contribution in [0.4, 0.5) is 5.69 Å². The first kappa shape index (κ1) is 18.1. The molecule has 0 bridgehead atoms. The third kappa shape index (κ3) is 3.78. The molecule has 0 aliphatic carbocycles. The number of anilines is 1. The number of hydrogen-bond acceptors (Lipinski definition) is 3. The van der Waals surface area contributed by atoms with Crippen LogP contribution in [0.25, 0.3) is 0 Å². The summed E-state index contributed by atoms with van der Waals surface area (Å²) in [6, 6.07) is 10.9. The van der Waals surface area contributed by atoms with Gasteiger partial charge < -0.3 is 10.0 Å². The molecule has 1 aliphatic heterocycles. The van der Waals surface area contributed by atoms with E-state index in [9.17, 15) is 9.59 Å². The number of halogens is 2. The van der Waals surface area contributed by atoms with Gasteiger partial charge in [-0.05, 0) is 36.2 Å². The van der Waals surface area contributed by atoms with Crippen molar-refractivity contribution in [3.8, 4) is 0 Å². The predicted molar refractivity (Wildman–Crippen MR) is 101 cm³/mol. The summed E-state index contributed by atoms with van der Waals surface area (Å²) in [5, 5.41) is 9.35. The molecule has 3 rings (SSSR count).